The number of rotatable bonds is 5. The Morgan fingerprint density at radius 3 is 2.82 bits per heavy atom. The number of aromatic nitrogens is 2. The fourth-order valence-corrected chi connectivity index (χ4v) is 4.14. The van der Waals surface area contributed by atoms with Crippen LogP contribution in [0.4, 0.5) is 18.3 Å². The smallest absolute Gasteiger partial charge is 0.475 e. The molecular formula is C17H24F3N3O4S. The maximum atomic E-state index is 10.6. The van der Waals surface area contributed by atoms with E-state index in [4.69, 9.17) is 19.4 Å². The van der Waals surface area contributed by atoms with Crippen molar-refractivity contribution in [1.82, 2.24) is 10.2 Å². The van der Waals surface area contributed by atoms with Crippen LogP contribution in [0.25, 0.3) is 0 Å². The number of carboxylic acids is 1. The molecule has 0 bridgehead atoms. The van der Waals surface area contributed by atoms with Crippen molar-refractivity contribution in [3.63, 3.8) is 0 Å². The highest BCUT2D eigenvalue weighted by molar-refractivity contribution is 7.15. The zero-order chi connectivity index (χ0) is 20.8. The number of carbonyl (C=O) groups is 1. The van der Waals surface area contributed by atoms with Gasteiger partial charge in [-0.2, -0.15) is 13.2 Å². The van der Waals surface area contributed by atoms with Gasteiger partial charge in [0, 0.05) is 25.1 Å². The topological polar surface area (TPSA) is 84.8 Å². The molecule has 2 atom stereocenters. The molecule has 2 saturated heterocycles. The third-order valence-corrected chi connectivity index (χ3v) is 5.54. The molecule has 2 unspecified atom stereocenters. The molecule has 28 heavy (non-hydrogen) atoms. The number of halogens is 3. The van der Waals surface area contributed by atoms with Gasteiger partial charge in [0.1, 0.15) is 5.01 Å². The lowest BCUT2D eigenvalue weighted by atomic mass is 9.73. The normalized spacial score (nSPS) is 24.7. The zero-order valence-electron chi connectivity index (χ0n) is 15.6. The summed E-state index contributed by atoms with van der Waals surface area (Å²) in [6.45, 7) is 9.88. The molecule has 0 radical (unpaired) electrons. The summed E-state index contributed by atoms with van der Waals surface area (Å²) in [5.41, 5.74) is 0.0824. The molecule has 11 heteroatoms. The molecule has 0 aromatic carbocycles. The molecule has 0 saturated carbocycles. The Kier molecular flexibility index (Phi) is 7.79. The number of nitrogens with zero attached hydrogens (tertiary/aromatic N) is 3. The standard InChI is InChI=1S/C15H23N3O2S.C2HF3O2/c1-3-8-19-11-15-6-4-9-20-13(15)5-7-18(10-15)14-17-16-12(2)21-14;3-2(4,5)1(6)7/h3,13H,1,4-11H2,2H3;(H,6,7). The van der Waals surface area contributed by atoms with Gasteiger partial charge in [0.25, 0.3) is 0 Å². The largest absolute Gasteiger partial charge is 0.490 e. The van der Waals surface area contributed by atoms with Crippen molar-refractivity contribution in [1.29, 1.82) is 0 Å². The lowest BCUT2D eigenvalue weighted by Gasteiger charge is -2.50. The maximum absolute atomic E-state index is 10.6. The molecule has 7 nitrogen and oxygen atoms in total. The molecule has 1 aromatic heterocycles. The fraction of sp³-hybridized carbons (Fsp3) is 0.706. The third-order valence-electron chi connectivity index (χ3n) is 4.64. The number of aryl methyl sites for hydroxylation is 1. The number of aliphatic carboxylic acids is 1. The van der Waals surface area contributed by atoms with E-state index in [0.29, 0.717) is 12.7 Å². The average molecular weight is 423 g/mol. The van der Waals surface area contributed by atoms with Gasteiger partial charge in [-0.3, -0.25) is 0 Å². The van der Waals surface area contributed by atoms with Crippen molar-refractivity contribution in [3.05, 3.63) is 17.7 Å². The molecule has 3 rings (SSSR count). The molecule has 0 aliphatic carbocycles. The van der Waals surface area contributed by atoms with Gasteiger partial charge < -0.3 is 19.5 Å². The molecule has 1 aromatic rings. The Hall–Kier alpha value is -1.72. The van der Waals surface area contributed by atoms with E-state index in [-0.39, 0.29) is 5.41 Å². The lowest BCUT2D eigenvalue weighted by Crippen LogP contribution is -2.57. The molecule has 1 N–H and O–H groups in total. The quantitative estimate of drug-likeness (QED) is 0.576. The zero-order valence-corrected chi connectivity index (χ0v) is 16.4. The van der Waals surface area contributed by atoms with E-state index < -0.39 is 12.1 Å². The molecule has 2 fully saturated rings. The molecule has 158 valence electrons. The van der Waals surface area contributed by atoms with Gasteiger partial charge in [0.05, 0.1) is 19.3 Å². The highest BCUT2D eigenvalue weighted by Gasteiger charge is 2.46. The summed E-state index contributed by atoms with van der Waals surface area (Å²) in [6.07, 6.45) is 0.335. The minimum absolute atomic E-state index is 0.0824. The first-order valence-electron chi connectivity index (χ1n) is 8.83. The summed E-state index contributed by atoms with van der Waals surface area (Å²) in [7, 11) is 0. The second-order valence-electron chi connectivity index (χ2n) is 6.75. The predicted octanol–water partition coefficient (Wildman–Crippen LogP) is 3.06. The average Bonchev–Trinajstić information content (AvgIpc) is 3.07. The van der Waals surface area contributed by atoms with Gasteiger partial charge in [-0.05, 0) is 26.2 Å². The molecule has 2 aliphatic rings. The van der Waals surface area contributed by atoms with Crippen LogP contribution in [-0.4, -0.2) is 66.5 Å². The number of fused-ring (bicyclic) bond motifs is 1. The van der Waals surface area contributed by atoms with Crippen molar-refractivity contribution < 1.29 is 32.5 Å². The molecular weight excluding hydrogens is 399 g/mol. The van der Waals surface area contributed by atoms with E-state index >= 15 is 0 Å². The Morgan fingerprint density at radius 1 is 1.54 bits per heavy atom. The van der Waals surface area contributed by atoms with Crippen molar-refractivity contribution >= 4 is 22.4 Å². The fourth-order valence-electron chi connectivity index (χ4n) is 3.42. The van der Waals surface area contributed by atoms with E-state index in [9.17, 15) is 13.2 Å². The molecule has 3 heterocycles. The second-order valence-corrected chi connectivity index (χ2v) is 7.91. The van der Waals surface area contributed by atoms with Crippen molar-refractivity contribution in [2.24, 2.45) is 5.41 Å². The van der Waals surface area contributed by atoms with Gasteiger partial charge in [-0.25, -0.2) is 4.79 Å². The van der Waals surface area contributed by atoms with Crippen molar-refractivity contribution in [2.45, 2.75) is 38.5 Å². The summed E-state index contributed by atoms with van der Waals surface area (Å²) < 4.78 is 43.6. The number of anilines is 1. The number of ether oxygens (including phenoxy) is 2. The van der Waals surface area contributed by atoms with Crippen LogP contribution in [0.1, 0.15) is 24.3 Å². The number of carboxylic acid groups (broad SMARTS) is 1. The van der Waals surface area contributed by atoms with Crippen LogP contribution in [0, 0.1) is 12.3 Å². The van der Waals surface area contributed by atoms with Crippen LogP contribution in [0.3, 0.4) is 0 Å². The van der Waals surface area contributed by atoms with Gasteiger partial charge >= 0.3 is 12.1 Å². The monoisotopic (exact) mass is 423 g/mol. The summed E-state index contributed by atoms with van der Waals surface area (Å²) in [4.78, 5) is 11.3. The van der Waals surface area contributed by atoms with Crippen LogP contribution in [0.5, 0.6) is 0 Å². The van der Waals surface area contributed by atoms with Gasteiger partial charge in [-0.1, -0.05) is 17.4 Å². The molecule has 0 amide bonds. The first kappa shape index (κ1) is 22.6. The van der Waals surface area contributed by atoms with Gasteiger partial charge in [-0.15, -0.1) is 16.8 Å². The van der Waals surface area contributed by atoms with Crippen molar-refractivity contribution in [3.8, 4) is 0 Å². The van der Waals surface area contributed by atoms with Crippen molar-refractivity contribution in [2.75, 3.05) is 37.8 Å². The van der Waals surface area contributed by atoms with E-state index in [2.05, 4.69) is 21.7 Å². The molecule has 2 aliphatic heterocycles. The summed E-state index contributed by atoms with van der Waals surface area (Å²) in [5.74, 6) is -2.76. The Bertz CT molecular complexity index is 670. The van der Waals surface area contributed by atoms with E-state index in [1.807, 2.05) is 13.0 Å². The summed E-state index contributed by atoms with van der Waals surface area (Å²) >= 11 is 1.67. The SMILES string of the molecule is C=CCOCC12CCCOC1CCN(c1nnc(C)s1)C2.O=C(O)C(F)(F)F. The van der Waals surface area contributed by atoms with Gasteiger partial charge in [0.15, 0.2) is 0 Å². The van der Waals surface area contributed by atoms with E-state index in [1.54, 1.807) is 11.3 Å². The van der Waals surface area contributed by atoms with E-state index in [0.717, 1.165) is 55.7 Å². The number of piperidine rings is 1. The number of hydrogen-bond acceptors (Lipinski definition) is 7. The maximum Gasteiger partial charge on any atom is 0.490 e. The number of alkyl halides is 3. The first-order valence-corrected chi connectivity index (χ1v) is 9.65. The minimum atomic E-state index is -5.08. The Labute approximate surface area is 165 Å². The Morgan fingerprint density at radius 2 is 2.25 bits per heavy atom. The predicted molar refractivity (Wildman–Crippen MR) is 97.6 cm³/mol. The van der Waals surface area contributed by atoms with Crippen LogP contribution in [0.15, 0.2) is 12.7 Å². The van der Waals surface area contributed by atoms with Gasteiger partial charge in [0.2, 0.25) is 5.13 Å². The lowest BCUT2D eigenvalue weighted by molar-refractivity contribution is -0.192. The molecule has 0 spiro atoms. The van der Waals surface area contributed by atoms with E-state index in [1.165, 1.54) is 0 Å². The van der Waals surface area contributed by atoms with Crippen LogP contribution in [-0.2, 0) is 14.3 Å². The Balaban J connectivity index is 0.000000345. The van der Waals surface area contributed by atoms with Crippen LogP contribution in [0.2, 0.25) is 0 Å². The first-order chi connectivity index (χ1) is 13.2. The summed E-state index contributed by atoms with van der Waals surface area (Å²) in [5, 5.41) is 17.6. The van der Waals surface area contributed by atoms with Crippen LogP contribution >= 0.6 is 11.3 Å². The van der Waals surface area contributed by atoms with Crippen LogP contribution < -0.4 is 4.90 Å². The highest BCUT2D eigenvalue weighted by Crippen LogP contribution is 2.42. The third kappa shape index (κ3) is 5.89. The minimum Gasteiger partial charge on any atom is -0.475 e. The summed E-state index contributed by atoms with van der Waals surface area (Å²) in [6, 6.07) is 0. The second kappa shape index (κ2) is 9.66. The highest BCUT2D eigenvalue weighted by atomic mass is 32.1. The number of hydrogen-bond donors (Lipinski definition) is 1.